The Morgan fingerprint density at radius 1 is 1.05 bits per heavy atom. The molecule has 0 aromatic heterocycles. The highest BCUT2D eigenvalue weighted by atomic mass is 79.9. The lowest BCUT2D eigenvalue weighted by atomic mass is 10.1. The number of hydrogen-bond acceptors (Lipinski definition) is 1. The topological polar surface area (TPSA) is 3.24 Å². The molecule has 0 saturated heterocycles. The monoisotopic (exact) mass is 325 g/mol. The van der Waals surface area contributed by atoms with Gasteiger partial charge < -0.3 is 4.90 Å². The van der Waals surface area contributed by atoms with E-state index in [1.54, 1.807) is 24.3 Å². The van der Waals surface area contributed by atoms with Crippen molar-refractivity contribution in [3.63, 3.8) is 0 Å². The molecule has 0 aliphatic rings. The highest BCUT2D eigenvalue weighted by Crippen LogP contribution is 2.31. The predicted molar refractivity (Wildman–Crippen MR) is 78.1 cm³/mol. The van der Waals surface area contributed by atoms with Crippen LogP contribution in [0.3, 0.4) is 0 Å². The highest BCUT2D eigenvalue weighted by molar-refractivity contribution is 9.08. The van der Waals surface area contributed by atoms with E-state index in [4.69, 9.17) is 0 Å². The SMILES string of the molecule is CCN(c1ccccc1F)c1ccc(F)cc1CBr. The van der Waals surface area contributed by atoms with Crippen LogP contribution in [-0.4, -0.2) is 6.54 Å². The van der Waals surface area contributed by atoms with Crippen molar-refractivity contribution < 1.29 is 8.78 Å². The van der Waals surface area contributed by atoms with Crippen molar-refractivity contribution in [2.45, 2.75) is 12.3 Å². The molecule has 4 heteroatoms. The first-order valence-corrected chi connectivity index (χ1v) is 7.16. The molecule has 2 rings (SSSR count). The van der Waals surface area contributed by atoms with Crippen LogP contribution in [0.2, 0.25) is 0 Å². The molecular formula is C15H14BrF2N. The molecule has 0 atom stereocenters. The first-order valence-electron chi connectivity index (χ1n) is 6.03. The Labute approximate surface area is 120 Å². The quantitative estimate of drug-likeness (QED) is 0.713. The van der Waals surface area contributed by atoms with E-state index < -0.39 is 0 Å². The van der Waals surface area contributed by atoms with Gasteiger partial charge in [-0.15, -0.1) is 0 Å². The zero-order valence-corrected chi connectivity index (χ0v) is 12.1. The van der Waals surface area contributed by atoms with E-state index in [0.29, 0.717) is 17.6 Å². The lowest BCUT2D eigenvalue weighted by Crippen LogP contribution is -2.18. The molecule has 0 spiro atoms. The summed E-state index contributed by atoms with van der Waals surface area (Å²) in [4.78, 5) is 1.84. The molecule has 2 aromatic carbocycles. The number of para-hydroxylation sites is 1. The van der Waals surface area contributed by atoms with Crippen LogP contribution < -0.4 is 4.90 Å². The van der Waals surface area contributed by atoms with E-state index in [1.807, 2.05) is 11.8 Å². The van der Waals surface area contributed by atoms with Gasteiger partial charge in [-0.05, 0) is 42.8 Å². The minimum absolute atomic E-state index is 0.283. The molecule has 0 aliphatic heterocycles. The van der Waals surface area contributed by atoms with E-state index in [1.165, 1.54) is 18.2 Å². The summed E-state index contributed by atoms with van der Waals surface area (Å²) in [6.45, 7) is 2.54. The summed E-state index contributed by atoms with van der Waals surface area (Å²) in [5, 5.41) is 0.519. The van der Waals surface area contributed by atoms with Crippen molar-refractivity contribution >= 4 is 27.3 Å². The van der Waals surface area contributed by atoms with Crippen LogP contribution in [0.5, 0.6) is 0 Å². The zero-order chi connectivity index (χ0) is 13.8. The summed E-state index contributed by atoms with van der Waals surface area (Å²) >= 11 is 3.34. The van der Waals surface area contributed by atoms with Crippen LogP contribution in [0.1, 0.15) is 12.5 Å². The van der Waals surface area contributed by atoms with Crippen molar-refractivity contribution in [3.8, 4) is 0 Å². The molecule has 0 aliphatic carbocycles. The number of halogens is 3. The fraction of sp³-hybridized carbons (Fsp3) is 0.200. The molecule has 0 N–H and O–H groups in total. The molecule has 1 nitrogen and oxygen atoms in total. The smallest absolute Gasteiger partial charge is 0.146 e. The zero-order valence-electron chi connectivity index (χ0n) is 10.5. The standard InChI is InChI=1S/C15H14BrF2N/c1-2-19(15-6-4-3-5-13(15)18)14-8-7-12(17)9-11(14)10-16/h3-9H,2,10H2,1H3. The van der Waals surface area contributed by atoms with Crippen LogP contribution in [-0.2, 0) is 5.33 Å². The Kier molecular flexibility index (Phi) is 4.53. The summed E-state index contributed by atoms with van der Waals surface area (Å²) in [6, 6.07) is 11.1. The molecule has 0 radical (unpaired) electrons. The molecule has 100 valence electrons. The fourth-order valence-electron chi connectivity index (χ4n) is 2.07. The molecule has 0 fully saturated rings. The third-order valence-corrected chi connectivity index (χ3v) is 3.54. The first-order chi connectivity index (χ1) is 9.17. The minimum Gasteiger partial charge on any atom is -0.339 e. The van der Waals surface area contributed by atoms with Gasteiger partial charge in [0.15, 0.2) is 0 Å². The number of benzene rings is 2. The van der Waals surface area contributed by atoms with E-state index in [0.717, 1.165) is 11.3 Å². The number of anilines is 2. The van der Waals surface area contributed by atoms with Crippen LogP contribution in [0.4, 0.5) is 20.2 Å². The van der Waals surface area contributed by atoms with Gasteiger partial charge in [-0.1, -0.05) is 28.1 Å². The average Bonchev–Trinajstić information content (AvgIpc) is 2.43. The van der Waals surface area contributed by atoms with Crippen molar-refractivity contribution in [2.75, 3.05) is 11.4 Å². The summed E-state index contributed by atoms with van der Waals surface area (Å²) in [6.07, 6.45) is 0. The fourth-order valence-corrected chi connectivity index (χ4v) is 2.51. The Bertz CT molecular complexity index is 572. The van der Waals surface area contributed by atoms with E-state index in [-0.39, 0.29) is 11.6 Å². The second kappa shape index (κ2) is 6.15. The predicted octanol–water partition coefficient (Wildman–Crippen LogP) is 5.02. The first kappa shape index (κ1) is 14.0. The molecule has 0 amide bonds. The Morgan fingerprint density at radius 2 is 1.79 bits per heavy atom. The molecule has 19 heavy (non-hydrogen) atoms. The Hall–Kier alpha value is -1.42. The van der Waals surface area contributed by atoms with Gasteiger partial charge in [-0.2, -0.15) is 0 Å². The third kappa shape index (κ3) is 2.95. The van der Waals surface area contributed by atoms with Gasteiger partial charge in [0.25, 0.3) is 0 Å². The Morgan fingerprint density at radius 3 is 2.42 bits per heavy atom. The van der Waals surface area contributed by atoms with Gasteiger partial charge in [0.05, 0.1) is 5.69 Å². The van der Waals surface area contributed by atoms with Crippen LogP contribution >= 0.6 is 15.9 Å². The van der Waals surface area contributed by atoms with Crippen molar-refractivity contribution in [3.05, 3.63) is 59.7 Å². The van der Waals surface area contributed by atoms with Crippen molar-refractivity contribution in [1.29, 1.82) is 0 Å². The van der Waals surface area contributed by atoms with E-state index in [2.05, 4.69) is 15.9 Å². The molecule has 0 bridgehead atoms. The maximum absolute atomic E-state index is 13.9. The van der Waals surface area contributed by atoms with Crippen LogP contribution in [0, 0.1) is 11.6 Å². The Balaban J connectivity index is 2.51. The van der Waals surface area contributed by atoms with E-state index in [9.17, 15) is 8.78 Å². The second-order valence-corrected chi connectivity index (χ2v) is 4.66. The maximum Gasteiger partial charge on any atom is 0.146 e. The number of nitrogens with zero attached hydrogens (tertiary/aromatic N) is 1. The largest absolute Gasteiger partial charge is 0.339 e. The van der Waals surface area contributed by atoms with Gasteiger partial charge in [0.1, 0.15) is 11.6 Å². The third-order valence-electron chi connectivity index (χ3n) is 2.94. The number of rotatable bonds is 4. The summed E-state index contributed by atoms with van der Waals surface area (Å²) in [7, 11) is 0. The second-order valence-electron chi connectivity index (χ2n) is 4.10. The molecule has 0 unspecified atom stereocenters. The maximum atomic E-state index is 13.9. The molecular weight excluding hydrogens is 312 g/mol. The highest BCUT2D eigenvalue weighted by Gasteiger charge is 2.15. The molecule has 2 aromatic rings. The summed E-state index contributed by atoms with van der Waals surface area (Å²) < 4.78 is 27.2. The number of hydrogen-bond donors (Lipinski definition) is 0. The van der Waals surface area contributed by atoms with Gasteiger partial charge >= 0.3 is 0 Å². The summed E-state index contributed by atoms with van der Waals surface area (Å²) in [5.41, 5.74) is 2.11. The van der Waals surface area contributed by atoms with Gasteiger partial charge in [-0.25, -0.2) is 8.78 Å². The van der Waals surface area contributed by atoms with E-state index >= 15 is 0 Å². The normalized spacial score (nSPS) is 10.5. The van der Waals surface area contributed by atoms with Crippen molar-refractivity contribution in [1.82, 2.24) is 0 Å². The van der Waals surface area contributed by atoms with Crippen LogP contribution in [0.15, 0.2) is 42.5 Å². The molecule has 0 saturated carbocycles. The number of alkyl halides is 1. The van der Waals surface area contributed by atoms with Gasteiger partial charge in [0, 0.05) is 17.6 Å². The van der Waals surface area contributed by atoms with Crippen molar-refractivity contribution in [2.24, 2.45) is 0 Å². The van der Waals surface area contributed by atoms with Gasteiger partial charge in [-0.3, -0.25) is 0 Å². The average molecular weight is 326 g/mol. The van der Waals surface area contributed by atoms with Crippen LogP contribution in [0.25, 0.3) is 0 Å². The summed E-state index contributed by atoms with van der Waals surface area (Å²) in [5.74, 6) is -0.572. The lowest BCUT2D eigenvalue weighted by molar-refractivity contribution is 0.623. The minimum atomic E-state index is -0.289. The molecule has 0 heterocycles. The lowest BCUT2D eigenvalue weighted by Gasteiger charge is -2.26. The van der Waals surface area contributed by atoms with Gasteiger partial charge in [0.2, 0.25) is 0 Å².